The number of anilines is 1. The van der Waals surface area contributed by atoms with Gasteiger partial charge in [-0.1, -0.05) is 0 Å². The molecule has 1 heterocycles. The molecule has 1 aromatic carbocycles. The van der Waals surface area contributed by atoms with Gasteiger partial charge in [-0.2, -0.15) is 0 Å². The molecule has 1 aliphatic rings. The molecule has 0 bridgehead atoms. The second-order valence-corrected chi connectivity index (χ2v) is 7.02. The molecule has 1 fully saturated rings. The molecule has 1 aromatic rings. The first-order valence-corrected chi connectivity index (χ1v) is 8.15. The molecule has 1 aliphatic heterocycles. The fourth-order valence-electron chi connectivity index (χ4n) is 2.17. The Morgan fingerprint density at radius 1 is 1.45 bits per heavy atom. The van der Waals surface area contributed by atoms with E-state index in [4.69, 9.17) is 5.14 Å². The lowest BCUT2D eigenvalue weighted by atomic mass is 10.3. The number of nitrogens with two attached hydrogens (primary N) is 1. The average Bonchev–Trinajstić information content (AvgIpc) is 2.74. The van der Waals surface area contributed by atoms with Crippen LogP contribution in [0.25, 0.3) is 0 Å². The fourth-order valence-corrected chi connectivity index (χ4v) is 2.77. The van der Waals surface area contributed by atoms with Crippen molar-refractivity contribution in [3.8, 4) is 0 Å². The summed E-state index contributed by atoms with van der Waals surface area (Å²) in [6, 6.07) is 6.48. The lowest BCUT2D eigenvalue weighted by molar-refractivity contribution is 0.248. The van der Waals surface area contributed by atoms with Gasteiger partial charge in [0.15, 0.2) is 0 Å². The number of carbonyl (C=O) groups excluding carboxylic acids is 1. The van der Waals surface area contributed by atoms with Gasteiger partial charge in [-0.05, 0) is 50.1 Å². The van der Waals surface area contributed by atoms with E-state index in [1.54, 1.807) is 24.3 Å². The summed E-state index contributed by atoms with van der Waals surface area (Å²) in [5.41, 5.74) is 0.626. The van der Waals surface area contributed by atoms with Crippen molar-refractivity contribution < 1.29 is 9.00 Å². The van der Waals surface area contributed by atoms with Crippen molar-refractivity contribution in [3.05, 3.63) is 24.3 Å². The summed E-state index contributed by atoms with van der Waals surface area (Å²) in [4.78, 5) is 14.5. The van der Waals surface area contributed by atoms with Crippen LogP contribution in [0.15, 0.2) is 29.2 Å². The number of nitrogens with zero attached hydrogens (tertiary/aromatic N) is 1. The largest absolute Gasteiger partial charge is 0.334 e. The number of likely N-dealkylation sites (N-methyl/N-ethyl adjacent to an activating group) is 1. The molecule has 0 aromatic heterocycles. The molecular weight excluding hydrogens is 276 g/mol. The average molecular weight is 296 g/mol. The van der Waals surface area contributed by atoms with Gasteiger partial charge in [-0.25, -0.2) is 9.00 Å². The number of urea groups is 1. The van der Waals surface area contributed by atoms with E-state index in [0.717, 1.165) is 19.5 Å². The molecule has 2 amide bonds. The molecule has 0 spiro atoms. The van der Waals surface area contributed by atoms with Gasteiger partial charge in [-0.3, -0.25) is 5.14 Å². The smallest absolute Gasteiger partial charge is 0.319 e. The van der Waals surface area contributed by atoms with Crippen molar-refractivity contribution >= 4 is 27.3 Å². The quantitative estimate of drug-likeness (QED) is 0.708. The normalized spacial score (nSPS) is 22.2. The first-order chi connectivity index (χ1) is 9.34. The number of likely N-dealkylation sites (tertiary alicyclic amines) is 1. The molecular formula is C13H20N4O2S. The zero-order valence-electron chi connectivity index (χ0n) is 11.5. The van der Waals surface area contributed by atoms with Gasteiger partial charge in [0.1, 0.15) is 0 Å². The van der Waals surface area contributed by atoms with E-state index >= 15 is 0 Å². The Kier molecular flexibility index (Phi) is 4.32. The van der Waals surface area contributed by atoms with Crippen LogP contribution < -0.4 is 15.8 Å². The van der Waals surface area contributed by atoms with Crippen LogP contribution in [0.2, 0.25) is 0 Å². The molecule has 1 saturated heterocycles. The Morgan fingerprint density at radius 2 is 2.10 bits per heavy atom. The van der Waals surface area contributed by atoms with Crippen LogP contribution in [0.4, 0.5) is 10.5 Å². The van der Waals surface area contributed by atoms with Crippen LogP contribution in [0.3, 0.4) is 0 Å². The van der Waals surface area contributed by atoms with Crippen molar-refractivity contribution in [3.63, 3.8) is 0 Å². The van der Waals surface area contributed by atoms with Crippen molar-refractivity contribution in [2.24, 2.45) is 5.14 Å². The fraction of sp³-hybridized carbons (Fsp3) is 0.385. The van der Waals surface area contributed by atoms with E-state index < -0.39 is 9.71 Å². The molecule has 0 saturated carbocycles. The molecule has 1 unspecified atom stereocenters. The number of hydrogen-bond donors (Lipinski definition) is 3. The van der Waals surface area contributed by atoms with Crippen molar-refractivity contribution in [2.75, 3.05) is 25.5 Å². The van der Waals surface area contributed by atoms with Gasteiger partial charge in [0, 0.05) is 23.2 Å². The molecule has 2 rings (SSSR count). The second kappa shape index (κ2) is 5.82. The van der Waals surface area contributed by atoms with Crippen LogP contribution in [-0.4, -0.2) is 47.2 Å². The van der Waals surface area contributed by atoms with Crippen LogP contribution in [0.1, 0.15) is 6.42 Å². The van der Waals surface area contributed by atoms with Gasteiger partial charge in [0.05, 0.1) is 9.71 Å². The number of carbonyl (C=O) groups is 1. The van der Waals surface area contributed by atoms with Gasteiger partial charge in [-0.15, -0.1) is 0 Å². The third-order valence-electron chi connectivity index (χ3n) is 3.24. The third-order valence-corrected chi connectivity index (χ3v) is 4.31. The van der Waals surface area contributed by atoms with Gasteiger partial charge in [0.2, 0.25) is 0 Å². The number of amides is 2. The Bertz CT molecular complexity index is 583. The minimum Gasteiger partial charge on any atom is -0.334 e. The molecule has 20 heavy (non-hydrogen) atoms. The van der Waals surface area contributed by atoms with Crippen LogP contribution >= 0.6 is 0 Å². The number of benzene rings is 1. The second-order valence-electron chi connectivity index (χ2n) is 5.10. The minimum absolute atomic E-state index is 0.182. The summed E-state index contributed by atoms with van der Waals surface area (Å²) < 4.78 is 11.5. The lowest BCUT2D eigenvalue weighted by Gasteiger charge is -2.14. The Labute approximate surface area is 119 Å². The highest BCUT2D eigenvalue weighted by Gasteiger charge is 2.20. The zero-order chi connectivity index (χ0) is 14.8. The van der Waals surface area contributed by atoms with E-state index in [-0.39, 0.29) is 12.1 Å². The van der Waals surface area contributed by atoms with Gasteiger partial charge in [0.25, 0.3) is 0 Å². The Balaban J connectivity index is 1.91. The lowest BCUT2D eigenvalue weighted by Crippen LogP contribution is -2.39. The number of hydrogen-bond acceptors (Lipinski definition) is 3. The molecule has 0 aliphatic carbocycles. The Hall–Kier alpha value is -1.57. The number of rotatable bonds is 3. The van der Waals surface area contributed by atoms with Crippen LogP contribution in [0, 0.1) is 0 Å². The molecule has 110 valence electrons. The monoisotopic (exact) mass is 296 g/mol. The van der Waals surface area contributed by atoms with E-state index in [1.807, 2.05) is 7.05 Å². The van der Waals surface area contributed by atoms with Gasteiger partial charge < -0.3 is 15.5 Å². The first kappa shape index (κ1) is 14.8. The highest BCUT2D eigenvalue weighted by molar-refractivity contribution is 7.98. The summed E-state index contributed by atoms with van der Waals surface area (Å²) in [5.74, 6) is 3.41. The topological polar surface area (TPSA) is 87.5 Å². The summed E-state index contributed by atoms with van der Waals surface area (Å²) in [6.07, 6.45) is 0.958. The molecule has 2 atom stereocenters. The maximum atomic E-state index is 11.8. The van der Waals surface area contributed by atoms with Gasteiger partial charge >= 0.3 is 6.03 Å². The minimum atomic E-state index is -2.71. The van der Waals surface area contributed by atoms with Crippen LogP contribution in [0.5, 0.6) is 0 Å². The predicted octanol–water partition coefficient (Wildman–Crippen LogP) is 0.461. The van der Waals surface area contributed by atoms with E-state index in [2.05, 4.69) is 21.4 Å². The standard InChI is InChI=1S/C13H20N4O2S/c1-17-8-7-11(9-17)16-13(18)15-10-3-5-12(6-4-10)20(2,14)19/h3-6,11H,2,7-9H2,1H3,(H2,14,19)(H2,15,16,18)/t11-,20?/m1/s1. The zero-order valence-corrected chi connectivity index (χ0v) is 12.3. The van der Waals surface area contributed by atoms with Crippen molar-refractivity contribution in [1.82, 2.24) is 10.2 Å². The molecule has 6 nitrogen and oxygen atoms in total. The predicted molar refractivity (Wildman–Crippen MR) is 82.2 cm³/mol. The number of nitrogens with one attached hydrogen (secondary N) is 2. The van der Waals surface area contributed by atoms with Crippen LogP contribution in [-0.2, 0) is 9.71 Å². The Morgan fingerprint density at radius 3 is 2.60 bits per heavy atom. The SMILES string of the molecule is C=S(N)(=O)c1ccc(NC(=O)N[C@@H]2CCN(C)C2)cc1. The van der Waals surface area contributed by atoms with Crippen molar-refractivity contribution in [1.29, 1.82) is 0 Å². The summed E-state index contributed by atoms with van der Waals surface area (Å²) in [7, 11) is -0.677. The highest BCUT2D eigenvalue weighted by atomic mass is 32.2. The summed E-state index contributed by atoms with van der Waals surface area (Å²) >= 11 is 0. The molecule has 7 heteroatoms. The van der Waals surface area contributed by atoms with E-state index in [0.29, 0.717) is 10.6 Å². The highest BCUT2D eigenvalue weighted by Crippen LogP contribution is 2.13. The summed E-state index contributed by atoms with van der Waals surface area (Å²) in [5, 5.41) is 11.1. The first-order valence-electron chi connectivity index (χ1n) is 6.36. The van der Waals surface area contributed by atoms with Crippen molar-refractivity contribution in [2.45, 2.75) is 17.4 Å². The molecule has 4 N–H and O–H groups in total. The maximum Gasteiger partial charge on any atom is 0.319 e. The maximum absolute atomic E-state index is 11.8. The van der Waals surface area contributed by atoms with E-state index in [1.165, 1.54) is 0 Å². The molecule has 0 radical (unpaired) electrons. The summed E-state index contributed by atoms with van der Waals surface area (Å²) in [6.45, 7) is 1.86. The van der Waals surface area contributed by atoms with E-state index in [9.17, 15) is 9.00 Å². The third kappa shape index (κ3) is 3.96.